The Morgan fingerprint density at radius 1 is 1.06 bits per heavy atom. The second-order valence-corrected chi connectivity index (χ2v) is 8.91. The molecule has 1 amide bonds. The number of aryl methyl sites for hydroxylation is 1. The molecule has 0 N–H and O–H groups in total. The van der Waals surface area contributed by atoms with Crippen LogP contribution in [0.25, 0.3) is 16.8 Å². The van der Waals surface area contributed by atoms with Gasteiger partial charge in [0.2, 0.25) is 0 Å². The molecule has 1 aliphatic rings. The van der Waals surface area contributed by atoms with Crippen LogP contribution in [-0.2, 0) is 22.0 Å². The number of aromatic nitrogens is 2. The Labute approximate surface area is 200 Å². The molecule has 35 heavy (non-hydrogen) atoms. The van der Waals surface area contributed by atoms with Gasteiger partial charge < -0.3 is 9.64 Å². The molecular formula is C26H24F3N3O3. The standard InChI is InChI=1S/C26H24F3N3O3/c1-5-35-25(34)18-13-32(24(33)16-8-11-19(28)20(29)12-16)14-26(2,3)21-22(18)30-31(4)23(21)15-6-9-17(27)10-7-15/h6-13H,5,14H2,1-4H3. The van der Waals surface area contributed by atoms with Crippen LogP contribution in [0, 0.1) is 17.5 Å². The molecule has 0 bridgehead atoms. The van der Waals surface area contributed by atoms with Crippen molar-refractivity contribution in [2.45, 2.75) is 26.2 Å². The maximum absolute atomic E-state index is 13.8. The Balaban J connectivity index is 1.90. The highest BCUT2D eigenvalue weighted by molar-refractivity contribution is 6.17. The summed E-state index contributed by atoms with van der Waals surface area (Å²) in [5.74, 6) is -3.91. The minimum absolute atomic E-state index is 0.0484. The number of halogens is 3. The summed E-state index contributed by atoms with van der Waals surface area (Å²) in [6.07, 6.45) is 1.34. The summed E-state index contributed by atoms with van der Waals surface area (Å²) in [7, 11) is 1.72. The Hall–Kier alpha value is -3.88. The Kier molecular flexibility index (Phi) is 6.27. The number of ether oxygens (including phenoxy) is 1. The number of benzene rings is 2. The summed E-state index contributed by atoms with van der Waals surface area (Å²) in [6, 6.07) is 8.79. The summed E-state index contributed by atoms with van der Waals surface area (Å²) >= 11 is 0. The quantitative estimate of drug-likeness (QED) is 0.498. The van der Waals surface area contributed by atoms with Gasteiger partial charge in [-0.2, -0.15) is 5.10 Å². The Morgan fingerprint density at radius 3 is 2.37 bits per heavy atom. The molecule has 2 aromatic carbocycles. The van der Waals surface area contributed by atoms with Crippen LogP contribution in [0.3, 0.4) is 0 Å². The molecule has 6 nitrogen and oxygen atoms in total. The van der Waals surface area contributed by atoms with Gasteiger partial charge in [-0.1, -0.05) is 13.8 Å². The number of nitrogens with zero attached hydrogens (tertiary/aromatic N) is 3. The van der Waals surface area contributed by atoms with Crippen molar-refractivity contribution in [2.24, 2.45) is 7.05 Å². The second-order valence-electron chi connectivity index (χ2n) is 8.91. The van der Waals surface area contributed by atoms with E-state index in [9.17, 15) is 22.8 Å². The van der Waals surface area contributed by atoms with Crippen molar-refractivity contribution in [3.05, 3.63) is 82.9 Å². The van der Waals surface area contributed by atoms with Crippen molar-refractivity contribution < 1.29 is 27.5 Å². The highest BCUT2D eigenvalue weighted by Crippen LogP contribution is 2.41. The first-order chi connectivity index (χ1) is 16.5. The molecule has 0 spiro atoms. The van der Waals surface area contributed by atoms with Crippen LogP contribution < -0.4 is 0 Å². The average molecular weight is 483 g/mol. The first kappa shape index (κ1) is 24.3. The van der Waals surface area contributed by atoms with Crippen LogP contribution in [0.5, 0.6) is 0 Å². The van der Waals surface area contributed by atoms with Crippen LogP contribution in [0.15, 0.2) is 48.7 Å². The maximum Gasteiger partial charge on any atom is 0.341 e. The fourth-order valence-electron chi connectivity index (χ4n) is 4.34. The number of hydrogen-bond acceptors (Lipinski definition) is 4. The fourth-order valence-corrected chi connectivity index (χ4v) is 4.34. The molecule has 3 aromatic rings. The van der Waals surface area contributed by atoms with Crippen molar-refractivity contribution in [1.29, 1.82) is 0 Å². The zero-order valence-electron chi connectivity index (χ0n) is 19.7. The third-order valence-corrected chi connectivity index (χ3v) is 5.87. The zero-order valence-corrected chi connectivity index (χ0v) is 19.7. The number of hydrogen-bond donors (Lipinski definition) is 0. The molecule has 9 heteroatoms. The highest BCUT2D eigenvalue weighted by atomic mass is 19.2. The molecule has 1 aliphatic heterocycles. The average Bonchev–Trinajstić information content (AvgIpc) is 3.10. The van der Waals surface area contributed by atoms with E-state index in [-0.39, 0.29) is 24.3 Å². The van der Waals surface area contributed by atoms with Crippen molar-refractivity contribution in [1.82, 2.24) is 14.7 Å². The molecule has 0 saturated carbocycles. The van der Waals surface area contributed by atoms with E-state index in [4.69, 9.17) is 4.74 Å². The van der Waals surface area contributed by atoms with Crippen LogP contribution in [0.4, 0.5) is 13.2 Å². The van der Waals surface area contributed by atoms with Crippen LogP contribution >= 0.6 is 0 Å². The van der Waals surface area contributed by atoms with E-state index in [1.165, 1.54) is 29.3 Å². The van der Waals surface area contributed by atoms with Gasteiger partial charge in [0.1, 0.15) is 17.1 Å². The lowest BCUT2D eigenvalue weighted by atomic mass is 9.80. The molecule has 4 rings (SSSR count). The van der Waals surface area contributed by atoms with Gasteiger partial charge >= 0.3 is 5.97 Å². The van der Waals surface area contributed by atoms with Gasteiger partial charge in [0, 0.05) is 41.9 Å². The van der Waals surface area contributed by atoms with Gasteiger partial charge in [0.25, 0.3) is 5.91 Å². The predicted molar refractivity (Wildman–Crippen MR) is 124 cm³/mol. The van der Waals surface area contributed by atoms with Gasteiger partial charge in [-0.25, -0.2) is 18.0 Å². The van der Waals surface area contributed by atoms with Crippen molar-refractivity contribution in [2.75, 3.05) is 13.2 Å². The van der Waals surface area contributed by atoms with E-state index in [1.54, 1.807) is 30.8 Å². The number of carbonyl (C=O) groups excluding carboxylic acids is 2. The first-order valence-electron chi connectivity index (χ1n) is 11.0. The van der Waals surface area contributed by atoms with Gasteiger partial charge in [-0.05, 0) is 49.4 Å². The smallest absolute Gasteiger partial charge is 0.341 e. The summed E-state index contributed by atoms with van der Waals surface area (Å²) in [4.78, 5) is 27.6. The fraction of sp³-hybridized carbons (Fsp3) is 0.269. The largest absolute Gasteiger partial charge is 0.462 e. The zero-order chi connectivity index (χ0) is 25.5. The van der Waals surface area contributed by atoms with Gasteiger partial charge in [-0.15, -0.1) is 0 Å². The first-order valence-corrected chi connectivity index (χ1v) is 11.0. The van der Waals surface area contributed by atoms with Crippen molar-refractivity contribution in [3.63, 3.8) is 0 Å². The molecule has 0 atom stereocenters. The summed E-state index contributed by atoms with van der Waals surface area (Å²) < 4.78 is 47.8. The SMILES string of the molecule is CCOC(=O)C1=CN(C(=O)c2ccc(F)c(F)c2)CC(C)(C)c2c1nn(C)c2-c1ccc(F)cc1. The monoisotopic (exact) mass is 483 g/mol. The number of esters is 1. The molecule has 0 saturated heterocycles. The predicted octanol–water partition coefficient (Wildman–Crippen LogP) is 4.84. The van der Waals surface area contributed by atoms with Gasteiger partial charge in [0.15, 0.2) is 11.6 Å². The van der Waals surface area contributed by atoms with E-state index in [1.807, 2.05) is 13.8 Å². The number of fused-ring (bicyclic) bond motifs is 1. The van der Waals surface area contributed by atoms with Gasteiger partial charge in [-0.3, -0.25) is 9.48 Å². The molecule has 0 fully saturated rings. The van der Waals surface area contributed by atoms with Crippen molar-refractivity contribution in [3.8, 4) is 11.3 Å². The molecule has 0 unspecified atom stereocenters. The van der Waals surface area contributed by atoms with Gasteiger partial charge in [0.05, 0.1) is 12.3 Å². The Bertz CT molecular complexity index is 1340. The van der Waals surface area contributed by atoms with E-state index in [0.717, 1.165) is 12.1 Å². The topological polar surface area (TPSA) is 64.4 Å². The Morgan fingerprint density at radius 2 is 1.74 bits per heavy atom. The number of carbonyl (C=O) groups is 2. The maximum atomic E-state index is 13.8. The summed E-state index contributed by atoms with van der Waals surface area (Å²) in [5.41, 5.74) is 1.56. The third-order valence-electron chi connectivity index (χ3n) is 5.87. The van der Waals surface area contributed by atoms with Crippen LogP contribution in [0.2, 0.25) is 0 Å². The third kappa shape index (κ3) is 4.45. The molecular weight excluding hydrogens is 459 g/mol. The van der Waals surface area contributed by atoms with E-state index in [0.29, 0.717) is 22.5 Å². The molecule has 1 aromatic heterocycles. The van der Waals surface area contributed by atoms with E-state index < -0.39 is 34.7 Å². The lowest BCUT2D eigenvalue weighted by Gasteiger charge is -2.30. The highest BCUT2D eigenvalue weighted by Gasteiger charge is 2.40. The van der Waals surface area contributed by atoms with Crippen LogP contribution in [-0.4, -0.2) is 39.7 Å². The number of amides is 1. The normalized spacial score (nSPS) is 14.7. The summed E-state index contributed by atoms with van der Waals surface area (Å²) in [5, 5.41) is 4.59. The lowest BCUT2D eigenvalue weighted by molar-refractivity contribution is -0.136. The van der Waals surface area contributed by atoms with Crippen molar-refractivity contribution >= 4 is 17.4 Å². The molecule has 0 aliphatic carbocycles. The van der Waals surface area contributed by atoms with Crippen LogP contribution in [0.1, 0.15) is 42.4 Å². The second kappa shape index (κ2) is 9.05. The number of rotatable bonds is 4. The molecule has 0 radical (unpaired) electrons. The minimum atomic E-state index is -1.15. The van der Waals surface area contributed by atoms with E-state index in [2.05, 4.69) is 5.10 Å². The van der Waals surface area contributed by atoms with E-state index >= 15 is 0 Å². The molecule has 2 heterocycles. The minimum Gasteiger partial charge on any atom is -0.462 e. The summed E-state index contributed by atoms with van der Waals surface area (Å²) in [6.45, 7) is 5.62. The molecule has 182 valence electrons. The lowest BCUT2D eigenvalue weighted by Crippen LogP contribution is -2.37.